The second-order valence-electron chi connectivity index (χ2n) is 15.8. The molecule has 266 valence electrons. The Morgan fingerprint density at radius 1 is 0.527 bits per heavy atom. The summed E-state index contributed by atoms with van der Waals surface area (Å²) in [6.45, 7) is 7.49. The van der Waals surface area contributed by atoms with Crippen molar-refractivity contribution >= 4 is 10.9 Å². The molecule has 3 aromatic heterocycles. The molecule has 5 aromatic carbocycles. The molecule has 2 aliphatic rings. The summed E-state index contributed by atoms with van der Waals surface area (Å²) in [6, 6.07) is 52.7. The maximum atomic E-state index is 5.06. The molecule has 0 radical (unpaired) electrons. The van der Waals surface area contributed by atoms with E-state index in [9.17, 15) is 0 Å². The SMILES string of the molecule is Cc1ccc(-c2cc(C)cc(-c3ccc(-c4ccc5c(c4)-c4cccc[n+]4CCC4C(CC5)c5ccccc5-c5cc(C)cc[n+]54)c4ncccc34)c2)cc1. The molecule has 0 bridgehead atoms. The lowest BCUT2D eigenvalue weighted by Crippen LogP contribution is -2.50. The Balaban J connectivity index is 1.07. The maximum absolute atomic E-state index is 5.06. The first-order chi connectivity index (χ1) is 27.0. The van der Waals surface area contributed by atoms with Crippen molar-refractivity contribution in [3.8, 4) is 55.9 Å². The second kappa shape index (κ2) is 13.6. The van der Waals surface area contributed by atoms with Gasteiger partial charge in [0.1, 0.15) is 0 Å². The minimum atomic E-state index is 0.393. The van der Waals surface area contributed by atoms with Crippen LogP contribution in [0.25, 0.3) is 66.8 Å². The van der Waals surface area contributed by atoms with Crippen molar-refractivity contribution in [2.75, 3.05) is 0 Å². The van der Waals surface area contributed by atoms with E-state index in [1.165, 1.54) is 83.5 Å². The maximum Gasteiger partial charge on any atom is 0.213 e. The summed E-state index contributed by atoms with van der Waals surface area (Å²) < 4.78 is 5.07. The Hall–Kier alpha value is -6.19. The number of benzene rings is 5. The lowest BCUT2D eigenvalue weighted by Gasteiger charge is -2.31. The standard InChI is InChI=1S/C52H45N3/c1-34-13-15-37(16-14-34)40-29-36(3)30-41(32-40)42-21-22-43(52-47(42)11-8-25-53-52)39-18-17-38-19-20-46-44-9-4-5-10-45(44)51-31-35(2)23-28-55(51)50(46)24-27-54-26-7-6-12-49(54)48(38)33-39/h4-18,21-23,25-26,28-33,46,50H,19-20,24,27H2,1-3H3/q+2. The normalized spacial score (nSPS) is 16.0. The predicted octanol–water partition coefficient (Wildman–Crippen LogP) is 11.7. The van der Waals surface area contributed by atoms with E-state index >= 15 is 0 Å². The third kappa shape index (κ3) is 5.95. The lowest BCUT2D eigenvalue weighted by molar-refractivity contribution is -0.738. The summed E-state index contributed by atoms with van der Waals surface area (Å²) in [7, 11) is 0. The van der Waals surface area contributed by atoms with Crippen molar-refractivity contribution in [1.82, 2.24) is 4.98 Å². The zero-order valence-electron chi connectivity index (χ0n) is 31.8. The largest absolute Gasteiger partial charge is 0.256 e. The average Bonchev–Trinajstić information content (AvgIpc) is 3.22. The number of aryl methyl sites for hydroxylation is 5. The first-order valence-corrected chi connectivity index (χ1v) is 19.8. The van der Waals surface area contributed by atoms with Crippen LogP contribution in [0.15, 0.2) is 158 Å². The smallest absolute Gasteiger partial charge is 0.213 e. The van der Waals surface area contributed by atoms with Crippen LogP contribution in [0.3, 0.4) is 0 Å². The number of fused-ring (bicyclic) bond motifs is 10. The van der Waals surface area contributed by atoms with Gasteiger partial charge < -0.3 is 0 Å². The van der Waals surface area contributed by atoms with Crippen LogP contribution >= 0.6 is 0 Å². The summed E-state index contributed by atoms with van der Waals surface area (Å²) >= 11 is 0. The Kier molecular flexibility index (Phi) is 8.25. The van der Waals surface area contributed by atoms with Gasteiger partial charge in [-0.3, -0.25) is 4.98 Å². The minimum Gasteiger partial charge on any atom is -0.256 e. The van der Waals surface area contributed by atoms with Gasteiger partial charge in [-0.05, 0) is 114 Å². The van der Waals surface area contributed by atoms with Crippen molar-refractivity contribution in [2.45, 2.75) is 58.5 Å². The van der Waals surface area contributed by atoms with E-state index in [-0.39, 0.29) is 0 Å². The van der Waals surface area contributed by atoms with E-state index in [0.717, 1.165) is 36.9 Å². The van der Waals surface area contributed by atoms with Crippen LogP contribution in [0, 0.1) is 20.8 Å². The zero-order chi connectivity index (χ0) is 37.0. The number of rotatable bonds is 3. The van der Waals surface area contributed by atoms with Gasteiger partial charge in [-0.2, -0.15) is 9.13 Å². The molecule has 0 saturated heterocycles. The number of hydrogen-bond donors (Lipinski definition) is 0. The molecule has 5 heterocycles. The average molecular weight is 712 g/mol. The van der Waals surface area contributed by atoms with Crippen LogP contribution in [0.2, 0.25) is 0 Å². The van der Waals surface area contributed by atoms with Crippen molar-refractivity contribution in [1.29, 1.82) is 0 Å². The van der Waals surface area contributed by atoms with Gasteiger partial charge in [-0.15, -0.1) is 0 Å². The fourth-order valence-electron chi connectivity index (χ4n) is 9.47. The van der Waals surface area contributed by atoms with Gasteiger partial charge in [-0.1, -0.05) is 90.5 Å². The molecule has 0 fully saturated rings. The van der Waals surface area contributed by atoms with E-state index in [1.54, 1.807) is 0 Å². The van der Waals surface area contributed by atoms with Crippen LogP contribution in [0.5, 0.6) is 0 Å². The van der Waals surface area contributed by atoms with Crippen LogP contribution < -0.4 is 9.13 Å². The highest BCUT2D eigenvalue weighted by atomic mass is 15.0. The molecule has 0 saturated carbocycles. The van der Waals surface area contributed by atoms with Gasteiger partial charge in [0, 0.05) is 58.5 Å². The fourth-order valence-corrected chi connectivity index (χ4v) is 9.47. The molecule has 0 spiro atoms. The number of nitrogens with zero attached hydrogens (tertiary/aromatic N) is 3. The van der Waals surface area contributed by atoms with Gasteiger partial charge in [0.05, 0.1) is 11.9 Å². The Bertz CT molecular complexity index is 2760. The highest BCUT2D eigenvalue weighted by Crippen LogP contribution is 2.44. The molecule has 2 unspecified atom stereocenters. The second-order valence-corrected chi connectivity index (χ2v) is 15.8. The zero-order valence-corrected chi connectivity index (χ0v) is 31.8. The molecular weight excluding hydrogens is 667 g/mol. The first kappa shape index (κ1) is 33.4. The molecule has 0 N–H and O–H groups in total. The molecule has 10 rings (SSSR count). The summed E-state index contributed by atoms with van der Waals surface area (Å²) in [5.41, 5.74) is 20.4. The molecule has 0 aliphatic carbocycles. The molecule has 3 heteroatoms. The van der Waals surface area contributed by atoms with Gasteiger partial charge >= 0.3 is 0 Å². The van der Waals surface area contributed by atoms with Gasteiger partial charge in [-0.25, -0.2) is 0 Å². The van der Waals surface area contributed by atoms with Gasteiger partial charge in [0.15, 0.2) is 25.0 Å². The Morgan fingerprint density at radius 3 is 2.25 bits per heavy atom. The molecular formula is C52H45N3+2. The highest BCUT2D eigenvalue weighted by Gasteiger charge is 2.41. The Morgan fingerprint density at radius 2 is 1.35 bits per heavy atom. The Labute approximate surface area is 324 Å². The minimum absolute atomic E-state index is 0.393. The van der Waals surface area contributed by atoms with Crippen LogP contribution in [0.4, 0.5) is 0 Å². The monoisotopic (exact) mass is 711 g/mol. The van der Waals surface area contributed by atoms with Crippen LogP contribution in [0.1, 0.15) is 52.6 Å². The van der Waals surface area contributed by atoms with Crippen LogP contribution in [-0.4, -0.2) is 4.98 Å². The number of aromatic nitrogens is 3. The molecule has 8 aromatic rings. The molecule has 2 aliphatic heterocycles. The summed E-state index contributed by atoms with van der Waals surface area (Å²) in [5.74, 6) is 0.434. The third-order valence-electron chi connectivity index (χ3n) is 12.2. The lowest BCUT2D eigenvalue weighted by atomic mass is 9.77. The summed E-state index contributed by atoms with van der Waals surface area (Å²) in [5, 5.41) is 1.17. The van der Waals surface area contributed by atoms with E-state index in [1.807, 2.05) is 6.20 Å². The molecule has 3 nitrogen and oxygen atoms in total. The fraction of sp³-hybridized carbons (Fsp3) is 0.173. The van der Waals surface area contributed by atoms with Crippen molar-refractivity contribution in [3.63, 3.8) is 0 Å². The highest BCUT2D eigenvalue weighted by molar-refractivity contribution is 6.03. The predicted molar refractivity (Wildman–Crippen MR) is 225 cm³/mol. The van der Waals surface area contributed by atoms with E-state index in [4.69, 9.17) is 4.98 Å². The summed E-state index contributed by atoms with van der Waals surface area (Å²) in [4.78, 5) is 5.06. The summed E-state index contributed by atoms with van der Waals surface area (Å²) in [6.07, 6.45) is 9.73. The van der Waals surface area contributed by atoms with Gasteiger partial charge in [0.25, 0.3) is 0 Å². The van der Waals surface area contributed by atoms with Crippen molar-refractivity contribution in [3.05, 3.63) is 186 Å². The van der Waals surface area contributed by atoms with Crippen LogP contribution in [-0.2, 0) is 13.0 Å². The molecule has 0 amide bonds. The van der Waals surface area contributed by atoms with E-state index in [0.29, 0.717) is 12.0 Å². The third-order valence-corrected chi connectivity index (χ3v) is 12.2. The quantitative estimate of drug-likeness (QED) is 0.167. The van der Waals surface area contributed by atoms with Crippen molar-refractivity contribution < 1.29 is 9.13 Å². The number of pyridine rings is 3. The number of hydrogen-bond acceptors (Lipinski definition) is 1. The van der Waals surface area contributed by atoms with Crippen molar-refractivity contribution in [2.24, 2.45) is 0 Å². The molecule has 2 atom stereocenters. The topological polar surface area (TPSA) is 20.6 Å². The first-order valence-electron chi connectivity index (χ1n) is 19.8. The van der Waals surface area contributed by atoms with E-state index < -0.39 is 0 Å². The molecule has 55 heavy (non-hydrogen) atoms. The van der Waals surface area contributed by atoms with Gasteiger partial charge in [0.2, 0.25) is 11.4 Å². The van der Waals surface area contributed by atoms with E-state index in [2.05, 4.69) is 182 Å².